The quantitative estimate of drug-likeness (QED) is 0.160. The lowest BCUT2D eigenvalue weighted by molar-refractivity contribution is -0.136. The van der Waals surface area contributed by atoms with E-state index in [4.69, 9.17) is 13.7 Å². The van der Waals surface area contributed by atoms with Crippen LogP contribution in [0.5, 0.6) is 5.88 Å². The van der Waals surface area contributed by atoms with Crippen LogP contribution in [-0.2, 0) is 22.2 Å². The molecule has 10 heteroatoms. The SMILES string of the molecule is C=C1[C@@H]2Cc3c(N(C)C)ccc(C)c3C(O)=C2C(=O)[C@]2(O[Si](C)(C)C(C)(C)C)C(=O)c3c(OCc4ccccc4)noc3[C@@H](N(C)C)[C@H]12. The Labute approximate surface area is 284 Å². The van der Waals surface area contributed by atoms with Crippen LogP contribution in [0.2, 0.25) is 18.1 Å². The molecule has 1 aromatic heterocycles. The number of hydrogen-bond donors (Lipinski definition) is 1. The first kappa shape index (κ1) is 33.9. The zero-order valence-electron chi connectivity index (χ0n) is 29.7. The molecule has 0 amide bonds. The Morgan fingerprint density at radius 3 is 2.31 bits per heavy atom. The van der Waals surface area contributed by atoms with Gasteiger partial charge in [0.05, 0.1) is 6.04 Å². The van der Waals surface area contributed by atoms with Crippen molar-refractivity contribution < 1.29 is 28.4 Å². The fourth-order valence-electron chi connectivity index (χ4n) is 7.49. The summed E-state index contributed by atoms with van der Waals surface area (Å²) < 4.78 is 19.3. The van der Waals surface area contributed by atoms with E-state index in [1.54, 1.807) is 0 Å². The topological polar surface area (TPSA) is 105 Å². The van der Waals surface area contributed by atoms with Gasteiger partial charge in [0.2, 0.25) is 11.6 Å². The molecule has 1 fully saturated rings. The normalized spacial score (nSPS) is 23.9. The van der Waals surface area contributed by atoms with E-state index in [0.29, 0.717) is 23.3 Å². The van der Waals surface area contributed by atoms with Crippen LogP contribution >= 0.6 is 0 Å². The smallest absolute Gasteiger partial charge is 0.265 e. The third-order valence-electron chi connectivity index (χ3n) is 10.9. The molecule has 48 heavy (non-hydrogen) atoms. The maximum Gasteiger partial charge on any atom is 0.265 e. The van der Waals surface area contributed by atoms with Crippen LogP contribution in [0.15, 0.2) is 64.7 Å². The fourth-order valence-corrected chi connectivity index (χ4v) is 8.91. The molecule has 6 rings (SSSR count). The molecule has 254 valence electrons. The zero-order chi connectivity index (χ0) is 35.1. The molecule has 1 heterocycles. The van der Waals surface area contributed by atoms with Crippen LogP contribution < -0.4 is 9.64 Å². The second-order valence-corrected chi connectivity index (χ2v) is 20.1. The van der Waals surface area contributed by atoms with Crippen molar-refractivity contribution in [2.75, 3.05) is 33.1 Å². The summed E-state index contributed by atoms with van der Waals surface area (Å²) in [4.78, 5) is 34.8. The lowest BCUT2D eigenvalue weighted by Crippen LogP contribution is -2.68. The molecule has 3 aliphatic carbocycles. The summed E-state index contributed by atoms with van der Waals surface area (Å²) in [5, 5.41) is 16.1. The van der Waals surface area contributed by atoms with E-state index in [1.165, 1.54) is 0 Å². The van der Waals surface area contributed by atoms with Gasteiger partial charge in [-0.1, -0.05) is 69.3 Å². The number of ketones is 2. The van der Waals surface area contributed by atoms with Crippen molar-refractivity contribution in [1.29, 1.82) is 0 Å². The maximum atomic E-state index is 15.5. The van der Waals surface area contributed by atoms with E-state index in [0.717, 1.165) is 22.4 Å². The molecule has 9 nitrogen and oxygen atoms in total. The zero-order valence-corrected chi connectivity index (χ0v) is 30.7. The number of ether oxygens (including phenoxy) is 1. The summed E-state index contributed by atoms with van der Waals surface area (Å²) in [7, 11) is 4.84. The molecule has 0 spiro atoms. The van der Waals surface area contributed by atoms with Gasteiger partial charge >= 0.3 is 0 Å². The number of Topliss-reactive ketones (excluding diaryl/α,β-unsaturated/α-hetero) is 2. The summed E-state index contributed by atoms with van der Waals surface area (Å²) in [6.07, 6.45) is 0.449. The molecular weight excluding hydrogens is 623 g/mol. The van der Waals surface area contributed by atoms with Crippen molar-refractivity contribution in [3.8, 4) is 5.88 Å². The number of aliphatic hydroxyl groups is 1. The monoisotopic (exact) mass is 669 g/mol. The number of fused-ring (bicyclic) bond motifs is 4. The van der Waals surface area contributed by atoms with E-state index >= 15 is 9.59 Å². The second kappa shape index (κ2) is 11.6. The van der Waals surface area contributed by atoms with Crippen molar-refractivity contribution in [1.82, 2.24) is 10.1 Å². The molecule has 4 atom stereocenters. The Kier molecular flexibility index (Phi) is 8.17. The summed E-state index contributed by atoms with van der Waals surface area (Å²) in [5.74, 6) is -2.23. The first-order valence-corrected chi connectivity index (χ1v) is 19.4. The molecule has 0 unspecified atom stereocenters. The van der Waals surface area contributed by atoms with Gasteiger partial charge in [0, 0.05) is 42.8 Å². The highest BCUT2D eigenvalue weighted by atomic mass is 28.4. The number of carbonyl (C=O) groups is 2. The molecule has 3 aromatic rings. The van der Waals surface area contributed by atoms with Gasteiger partial charge in [-0.25, -0.2) is 0 Å². The number of hydrogen-bond acceptors (Lipinski definition) is 9. The Hall–Kier alpha value is -3.99. The third-order valence-corrected chi connectivity index (χ3v) is 15.4. The van der Waals surface area contributed by atoms with Gasteiger partial charge in [-0.3, -0.25) is 14.5 Å². The first-order valence-electron chi connectivity index (χ1n) is 16.5. The number of anilines is 1. The van der Waals surface area contributed by atoms with E-state index in [2.05, 4.69) is 32.5 Å². The molecule has 1 saturated carbocycles. The number of aryl methyl sites for hydroxylation is 1. The maximum absolute atomic E-state index is 15.5. The van der Waals surface area contributed by atoms with Crippen LogP contribution in [0.25, 0.3) is 5.76 Å². The van der Waals surface area contributed by atoms with Crippen LogP contribution in [0.1, 0.15) is 65.2 Å². The van der Waals surface area contributed by atoms with Crippen molar-refractivity contribution in [2.24, 2.45) is 11.8 Å². The van der Waals surface area contributed by atoms with Crippen molar-refractivity contribution in [3.63, 3.8) is 0 Å². The third kappa shape index (κ3) is 4.90. The van der Waals surface area contributed by atoms with Crippen LogP contribution in [-0.4, -0.2) is 68.8 Å². The minimum atomic E-state index is -2.87. The van der Waals surface area contributed by atoms with Gasteiger partial charge in [0.1, 0.15) is 17.9 Å². The van der Waals surface area contributed by atoms with Crippen molar-refractivity contribution in [2.45, 2.75) is 70.5 Å². The predicted molar refractivity (Wildman–Crippen MR) is 189 cm³/mol. The number of aliphatic hydroxyl groups excluding tert-OH is 1. The lowest BCUT2D eigenvalue weighted by Gasteiger charge is -2.56. The fraction of sp³-hybridized carbons (Fsp3) is 0.447. The minimum Gasteiger partial charge on any atom is -0.507 e. The van der Waals surface area contributed by atoms with Crippen molar-refractivity contribution in [3.05, 3.63) is 93.8 Å². The summed E-state index contributed by atoms with van der Waals surface area (Å²) >= 11 is 0. The van der Waals surface area contributed by atoms with Crippen LogP contribution in [0, 0.1) is 18.8 Å². The highest BCUT2D eigenvalue weighted by molar-refractivity contribution is 6.74. The number of rotatable bonds is 7. The number of aromatic nitrogens is 1. The van der Waals surface area contributed by atoms with Gasteiger partial charge < -0.3 is 23.7 Å². The van der Waals surface area contributed by atoms with E-state index in [-0.39, 0.29) is 34.4 Å². The van der Waals surface area contributed by atoms with Crippen LogP contribution in [0.4, 0.5) is 5.69 Å². The highest BCUT2D eigenvalue weighted by Crippen LogP contribution is 2.60. The summed E-state index contributed by atoms with van der Waals surface area (Å²) in [6.45, 7) is 17.0. The molecule has 1 N–H and O–H groups in total. The van der Waals surface area contributed by atoms with E-state index in [9.17, 15) is 5.11 Å². The standard InChI is InChI=1S/C38H47N3O6Si/c1-21-17-18-26(40(6)7)25-19-24-22(2)30-31(41(8)9)33-29(36(39-46-33)45-20-23-15-13-12-14-16-23)35(44)38(30,47-48(10,11)37(3,4)5)34(43)28(24)32(42)27(21)25/h12-18,24,30-31,42H,2,19-20H2,1,3-11H3/t24-,30-,31-,38-/m0/s1. The van der Waals surface area contributed by atoms with Crippen molar-refractivity contribution >= 4 is 31.3 Å². The van der Waals surface area contributed by atoms with Gasteiger partial charge in [-0.2, -0.15) is 0 Å². The van der Waals surface area contributed by atoms with Gasteiger partial charge in [-0.15, -0.1) is 0 Å². The lowest BCUT2D eigenvalue weighted by atomic mass is 9.55. The minimum absolute atomic E-state index is 0.0153. The molecule has 0 radical (unpaired) electrons. The average molecular weight is 670 g/mol. The molecule has 0 bridgehead atoms. The Morgan fingerprint density at radius 2 is 1.71 bits per heavy atom. The van der Waals surface area contributed by atoms with Gasteiger partial charge in [0.25, 0.3) is 5.88 Å². The average Bonchev–Trinajstić information content (AvgIpc) is 3.43. The largest absolute Gasteiger partial charge is 0.507 e. The second-order valence-electron chi connectivity index (χ2n) is 15.4. The Morgan fingerprint density at radius 1 is 1.04 bits per heavy atom. The summed E-state index contributed by atoms with van der Waals surface area (Å²) in [6, 6.07) is 12.9. The Bertz CT molecular complexity index is 1850. The molecular formula is C38H47N3O6Si. The number of benzene rings is 2. The molecule has 3 aliphatic rings. The van der Waals surface area contributed by atoms with Gasteiger partial charge in [0.15, 0.2) is 19.7 Å². The molecule has 0 saturated heterocycles. The van der Waals surface area contributed by atoms with Crippen LogP contribution in [0.3, 0.4) is 0 Å². The van der Waals surface area contributed by atoms with E-state index in [1.807, 2.05) is 100 Å². The van der Waals surface area contributed by atoms with Gasteiger partial charge in [-0.05, 0) is 73.5 Å². The Balaban J connectivity index is 1.62. The number of carbonyl (C=O) groups excluding carboxylic acids is 2. The molecule has 2 aromatic carbocycles. The predicted octanol–water partition coefficient (Wildman–Crippen LogP) is 7.08. The number of nitrogens with zero attached hydrogens (tertiary/aromatic N) is 3. The van der Waals surface area contributed by atoms with E-state index < -0.39 is 43.4 Å². The highest BCUT2D eigenvalue weighted by Gasteiger charge is 2.70. The summed E-state index contributed by atoms with van der Waals surface area (Å²) in [5.41, 5.74) is 3.16. The first-order chi connectivity index (χ1) is 22.4. The molecule has 0 aliphatic heterocycles.